The minimum atomic E-state index is 0.0546. The van der Waals surface area contributed by atoms with Crippen molar-refractivity contribution in [2.75, 3.05) is 10.6 Å². The molecule has 1 amide bonds. The molecule has 0 aliphatic rings. The van der Waals surface area contributed by atoms with E-state index in [1.165, 1.54) is 0 Å². The Hall–Kier alpha value is -1.81. The van der Waals surface area contributed by atoms with Crippen molar-refractivity contribution < 1.29 is 4.79 Å². The predicted molar refractivity (Wildman–Crippen MR) is 87.4 cm³/mol. The number of anilines is 3. The molecule has 0 aliphatic carbocycles. The molecule has 2 aromatic carbocycles. The van der Waals surface area contributed by atoms with Gasteiger partial charge >= 0.3 is 0 Å². The molecule has 2 rings (SSSR count). The summed E-state index contributed by atoms with van der Waals surface area (Å²) >= 11 is 3.50. The van der Waals surface area contributed by atoms with Crippen LogP contribution in [0.25, 0.3) is 0 Å². The van der Waals surface area contributed by atoms with Gasteiger partial charge in [-0.15, -0.1) is 0 Å². The Labute approximate surface area is 127 Å². The van der Waals surface area contributed by atoms with Crippen molar-refractivity contribution in [3.63, 3.8) is 0 Å². The Morgan fingerprint density at radius 1 is 1.05 bits per heavy atom. The maximum atomic E-state index is 11.5. The van der Waals surface area contributed by atoms with Gasteiger partial charge in [0.15, 0.2) is 0 Å². The Balaban J connectivity index is 2.02. The first kappa shape index (κ1) is 14.6. The fourth-order valence-electron chi connectivity index (χ4n) is 1.81. The standard InChI is InChI=1S/C16H17BrN2O/c1-2-5-16(20)19-13-10-8-12(9-11-13)18-15-7-4-3-6-14(15)17/h3-4,6-11,18H,2,5H2,1H3,(H,19,20). The van der Waals surface area contributed by atoms with Crippen LogP contribution in [0.3, 0.4) is 0 Å². The summed E-state index contributed by atoms with van der Waals surface area (Å²) in [5.41, 5.74) is 2.81. The molecule has 0 unspecified atom stereocenters. The molecule has 4 heteroatoms. The number of halogens is 1. The van der Waals surface area contributed by atoms with E-state index >= 15 is 0 Å². The van der Waals surface area contributed by atoms with Crippen molar-refractivity contribution in [3.8, 4) is 0 Å². The average Bonchev–Trinajstić information content (AvgIpc) is 2.44. The topological polar surface area (TPSA) is 41.1 Å². The molecule has 2 aromatic rings. The maximum Gasteiger partial charge on any atom is 0.224 e. The highest BCUT2D eigenvalue weighted by molar-refractivity contribution is 9.10. The van der Waals surface area contributed by atoms with Gasteiger partial charge in [0.05, 0.1) is 5.69 Å². The van der Waals surface area contributed by atoms with Crippen LogP contribution in [0.1, 0.15) is 19.8 Å². The van der Waals surface area contributed by atoms with Gasteiger partial charge in [0, 0.05) is 22.3 Å². The number of nitrogens with one attached hydrogen (secondary N) is 2. The molecule has 0 aliphatic heterocycles. The van der Waals surface area contributed by atoms with E-state index in [-0.39, 0.29) is 5.91 Å². The Bertz CT molecular complexity index is 581. The van der Waals surface area contributed by atoms with Crippen LogP contribution in [0.5, 0.6) is 0 Å². The summed E-state index contributed by atoms with van der Waals surface area (Å²) in [6.07, 6.45) is 1.41. The first-order chi connectivity index (χ1) is 9.69. The van der Waals surface area contributed by atoms with Gasteiger partial charge in [-0.3, -0.25) is 4.79 Å². The molecule has 104 valence electrons. The molecule has 3 nitrogen and oxygen atoms in total. The lowest BCUT2D eigenvalue weighted by atomic mass is 10.2. The predicted octanol–water partition coefficient (Wildman–Crippen LogP) is 4.93. The summed E-state index contributed by atoms with van der Waals surface area (Å²) in [7, 11) is 0. The van der Waals surface area contributed by atoms with Crippen molar-refractivity contribution in [2.24, 2.45) is 0 Å². The Morgan fingerprint density at radius 3 is 2.35 bits per heavy atom. The molecule has 20 heavy (non-hydrogen) atoms. The number of carbonyl (C=O) groups is 1. The second kappa shape index (κ2) is 7.10. The lowest BCUT2D eigenvalue weighted by molar-refractivity contribution is -0.116. The first-order valence-electron chi connectivity index (χ1n) is 6.60. The van der Waals surface area contributed by atoms with Crippen molar-refractivity contribution in [2.45, 2.75) is 19.8 Å². The zero-order valence-corrected chi connectivity index (χ0v) is 12.9. The SMILES string of the molecule is CCCC(=O)Nc1ccc(Nc2ccccc2Br)cc1. The van der Waals surface area contributed by atoms with Crippen LogP contribution in [0.15, 0.2) is 53.0 Å². The van der Waals surface area contributed by atoms with Gasteiger partial charge in [0.25, 0.3) is 0 Å². The van der Waals surface area contributed by atoms with Crippen LogP contribution in [0.4, 0.5) is 17.1 Å². The van der Waals surface area contributed by atoms with E-state index in [2.05, 4.69) is 26.6 Å². The minimum Gasteiger partial charge on any atom is -0.355 e. The highest BCUT2D eigenvalue weighted by Crippen LogP contribution is 2.25. The second-order valence-corrected chi connectivity index (χ2v) is 5.33. The van der Waals surface area contributed by atoms with Gasteiger partial charge in [-0.2, -0.15) is 0 Å². The van der Waals surface area contributed by atoms with E-state index < -0.39 is 0 Å². The number of benzene rings is 2. The molecule has 0 saturated heterocycles. The largest absolute Gasteiger partial charge is 0.355 e. The molecule has 0 fully saturated rings. The molecule has 0 spiro atoms. The van der Waals surface area contributed by atoms with Gasteiger partial charge < -0.3 is 10.6 Å². The Morgan fingerprint density at radius 2 is 1.70 bits per heavy atom. The maximum absolute atomic E-state index is 11.5. The zero-order valence-electron chi connectivity index (χ0n) is 11.3. The highest BCUT2D eigenvalue weighted by Gasteiger charge is 2.02. The fraction of sp³-hybridized carbons (Fsp3) is 0.188. The molecule has 0 aromatic heterocycles. The summed E-state index contributed by atoms with van der Waals surface area (Å²) in [6, 6.07) is 15.6. The van der Waals surface area contributed by atoms with Crippen molar-refractivity contribution in [1.82, 2.24) is 0 Å². The minimum absolute atomic E-state index is 0.0546. The van der Waals surface area contributed by atoms with Gasteiger partial charge in [0.1, 0.15) is 0 Å². The number of hydrogen-bond donors (Lipinski definition) is 2. The Kier molecular flexibility index (Phi) is 5.18. The molecule has 0 radical (unpaired) electrons. The summed E-state index contributed by atoms with van der Waals surface area (Å²) < 4.78 is 1.01. The van der Waals surface area contributed by atoms with E-state index in [0.29, 0.717) is 6.42 Å². The molecule has 2 N–H and O–H groups in total. The lowest BCUT2D eigenvalue weighted by Crippen LogP contribution is -2.10. The zero-order chi connectivity index (χ0) is 14.4. The van der Waals surface area contributed by atoms with Crippen LogP contribution >= 0.6 is 15.9 Å². The van der Waals surface area contributed by atoms with Gasteiger partial charge in [0.2, 0.25) is 5.91 Å². The number of amides is 1. The van der Waals surface area contributed by atoms with Crippen molar-refractivity contribution in [1.29, 1.82) is 0 Å². The van der Waals surface area contributed by atoms with Gasteiger partial charge in [-0.25, -0.2) is 0 Å². The molecular weight excluding hydrogens is 316 g/mol. The monoisotopic (exact) mass is 332 g/mol. The van der Waals surface area contributed by atoms with Gasteiger partial charge in [-0.1, -0.05) is 19.1 Å². The third kappa shape index (κ3) is 4.10. The van der Waals surface area contributed by atoms with E-state index in [1.807, 2.05) is 55.5 Å². The molecular formula is C16H17BrN2O. The fourth-order valence-corrected chi connectivity index (χ4v) is 2.19. The van der Waals surface area contributed by atoms with Crippen molar-refractivity contribution >= 4 is 38.9 Å². The highest BCUT2D eigenvalue weighted by atomic mass is 79.9. The van der Waals surface area contributed by atoms with Crippen LogP contribution in [-0.4, -0.2) is 5.91 Å². The average molecular weight is 333 g/mol. The van der Waals surface area contributed by atoms with Crippen molar-refractivity contribution in [3.05, 3.63) is 53.0 Å². The second-order valence-electron chi connectivity index (χ2n) is 4.48. The number of para-hydroxylation sites is 1. The van der Waals surface area contributed by atoms with E-state index in [0.717, 1.165) is 28.0 Å². The normalized spacial score (nSPS) is 10.1. The van der Waals surface area contributed by atoms with E-state index in [1.54, 1.807) is 0 Å². The van der Waals surface area contributed by atoms with Crippen LogP contribution < -0.4 is 10.6 Å². The van der Waals surface area contributed by atoms with E-state index in [9.17, 15) is 4.79 Å². The first-order valence-corrected chi connectivity index (χ1v) is 7.40. The smallest absolute Gasteiger partial charge is 0.224 e. The summed E-state index contributed by atoms with van der Waals surface area (Å²) in [6.45, 7) is 1.99. The third-order valence-electron chi connectivity index (χ3n) is 2.80. The lowest BCUT2D eigenvalue weighted by Gasteiger charge is -2.09. The summed E-state index contributed by atoms with van der Waals surface area (Å²) in [4.78, 5) is 11.5. The van der Waals surface area contributed by atoms with E-state index in [4.69, 9.17) is 0 Å². The number of hydrogen-bond acceptors (Lipinski definition) is 2. The quantitative estimate of drug-likeness (QED) is 0.814. The molecule has 0 bridgehead atoms. The van der Waals surface area contributed by atoms with Crippen LogP contribution in [0.2, 0.25) is 0 Å². The van der Waals surface area contributed by atoms with Crippen LogP contribution in [-0.2, 0) is 4.79 Å². The molecule has 0 atom stereocenters. The summed E-state index contributed by atoms with van der Waals surface area (Å²) in [5.74, 6) is 0.0546. The number of rotatable bonds is 5. The molecule has 0 saturated carbocycles. The molecule has 0 heterocycles. The van der Waals surface area contributed by atoms with Gasteiger partial charge in [-0.05, 0) is 58.7 Å². The third-order valence-corrected chi connectivity index (χ3v) is 3.49. The van der Waals surface area contributed by atoms with Crippen LogP contribution in [0, 0.1) is 0 Å². The number of carbonyl (C=O) groups excluding carboxylic acids is 1. The summed E-state index contributed by atoms with van der Waals surface area (Å²) in [5, 5.41) is 6.19.